The van der Waals surface area contributed by atoms with Gasteiger partial charge >= 0.3 is 50.5 Å². The van der Waals surface area contributed by atoms with Crippen LogP contribution in [0.4, 0.5) is 0 Å². The van der Waals surface area contributed by atoms with Gasteiger partial charge in [0, 0.05) is 0 Å². The second-order valence-electron chi connectivity index (χ2n) is 0.962. The minimum atomic E-state index is 1.19. The predicted octanol–water partition coefficient (Wildman–Crippen LogP) is 0.144. The van der Waals surface area contributed by atoms with E-state index in [1.54, 1.807) is 0 Å². The molecule has 2 nitrogen and oxygen atoms in total. The molecule has 1 unspecified atom stereocenters. The van der Waals surface area contributed by atoms with E-state index < -0.39 is 0 Å². The van der Waals surface area contributed by atoms with Crippen molar-refractivity contribution in [1.29, 1.82) is 0 Å². The average Bonchev–Trinajstić information content (AvgIpc) is 2.71. The van der Waals surface area contributed by atoms with Crippen LogP contribution in [0, 0.1) is 13.3 Å². The Kier molecular flexibility index (Phi) is 50.8. The Morgan fingerprint density at radius 1 is 1.00 bits per heavy atom. The zero-order chi connectivity index (χ0) is 9.54. The molecule has 1 aromatic carbocycles. The first-order valence-electron chi connectivity index (χ1n) is 2.34. The molecule has 0 bridgehead atoms. The van der Waals surface area contributed by atoms with Gasteiger partial charge in [-0.1, -0.05) is 0 Å². The second kappa shape index (κ2) is 32.6. The fourth-order valence-electron chi connectivity index (χ4n) is 0.321. The minimum Gasteiger partial charge on any atom is -0.214 e. The molecule has 0 aliphatic carbocycles. The van der Waals surface area contributed by atoms with Crippen LogP contribution in [0.2, 0.25) is 0 Å². The van der Waals surface area contributed by atoms with Crippen LogP contribution >= 0.6 is 0 Å². The molecule has 1 atom stereocenters. The van der Waals surface area contributed by atoms with Crippen LogP contribution in [0.25, 0.3) is 0 Å². The zero-order valence-corrected chi connectivity index (χ0v) is 9.94. The first-order chi connectivity index (χ1) is 5.50. The summed E-state index contributed by atoms with van der Waals surface area (Å²) < 4.78 is 15.0. The maximum Gasteiger partial charge on any atom is -0.172 e. The quantitative estimate of drug-likeness (QED) is 0.359. The first kappa shape index (κ1) is 17.1. The van der Waals surface area contributed by atoms with Crippen LogP contribution in [-0.4, -0.2) is 14.4 Å². The Labute approximate surface area is 80.8 Å². The van der Waals surface area contributed by atoms with Gasteiger partial charge in [-0.25, -0.2) is 12.1 Å². The summed E-state index contributed by atoms with van der Waals surface area (Å²) in [6.45, 7) is 9.00. The number of rotatable bonds is 0. The van der Waals surface area contributed by atoms with Gasteiger partial charge in [0.25, 0.3) is 0 Å². The molecule has 11 heavy (non-hydrogen) atoms. The summed E-state index contributed by atoms with van der Waals surface area (Å²) in [7, 11) is 0. The van der Waals surface area contributed by atoms with Gasteiger partial charge in [-0.15, -0.1) is 0 Å². The first-order valence-corrected chi connectivity index (χ1v) is 7.80. The van der Waals surface area contributed by atoms with Gasteiger partial charge in [-0.3, -0.25) is 0 Å². The summed E-state index contributed by atoms with van der Waals surface area (Å²) in [5.74, 6) is 0. The van der Waals surface area contributed by atoms with Gasteiger partial charge in [0.15, 0.2) is 0 Å². The summed E-state index contributed by atoms with van der Waals surface area (Å²) in [4.78, 5) is 0. The van der Waals surface area contributed by atoms with E-state index in [2.05, 4.69) is 26.8 Å². The Morgan fingerprint density at radius 3 is 1.36 bits per heavy atom. The maximum absolute atomic E-state index is 7.50. The molecule has 0 radical (unpaired) electrons. The van der Waals surface area contributed by atoms with E-state index >= 15 is 0 Å². The molecule has 1 aromatic rings. The van der Waals surface area contributed by atoms with Crippen LogP contribution in [0.15, 0.2) is 30.3 Å². The summed E-state index contributed by atoms with van der Waals surface area (Å²) in [6.07, 6.45) is 0. The second-order valence-corrected chi connectivity index (χ2v) is 0.962. The fraction of sp³-hybridized carbons (Fsp3) is 0. The van der Waals surface area contributed by atoms with Crippen LogP contribution < -0.4 is 0 Å². The van der Waals surface area contributed by atoms with Gasteiger partial charge < -0.3 is 0 Å². The van der Waals surface area contributed by atoms with Gasteiger partial charge in [0.1, 0.15) is 0 Å². The van der Waals surface area contributed by atoms with Crippen LogP contribution in [0.3, 0.4) is 0 Å². The van der Waals surface area contributed by atoms with Crippen molar-refractivity contribution in [3.63, 3.8) is 0 Å². The number of hydrogen-bond donors (Lipinski definition) is 0. The van der Waals surface area contributed by atoms with Gasteiger partial charge in [0.2, 0.25) is 0 Å². The molecular formula is C7H8AsMnO2-. The molecule has 0 fully saturated rings. The molecule has 61 valence electrons. The normalized spacial score (nSPS) is 4.73. The van der Waals surface area contributed by atoms with Gasteiger partial charge in [-0.05, 0) is 0 Å². The maximum atomic E-state index is 7.50. The van der Waals surface area contributed by atoms with Crippen molar-refractivity contribution >= 4 is 14.4 Å². The van der Waals surface area contributed by atoms with E-state index in [4.69, 9.17) is 9.30 Å². The Balaban J connectivity index is -0.0000000933. The molecule has 0 aliphatic rings. The van der Waals surface area contributed by atoms with E-state index in [1.165, 1.54) is 14.4 Å². The van der Waals surface area contributed by atoms with Gasteiger partial charge in [-0.2, -0.15) is 18.2 Å². The molecule has 0 aliphatic heterocycles. The van der Waals surface area contributed by atoms with Crippen molar-refractivity contribution in [3.05, 3.63) is 43.6 Å². The average molecular weight is 254 g/mol. The van der Waals surface area contributed by atoms with Crippen LogP contribution in [0.1, 0.15) is 0 Å². The largest absolute Gasteiger partial charge is 0.214 e. The molecule has 0 heterocycles. The summed E-state index contributed by atoms with van der Waals surface area (Å²) in [6, 6.07) is 10.0. The predicted molar refractivity (Wildman–Crippen MR) is 39.8 cm³/mol. The van der Waals surface area contributed by atoms with Crippen LogP contribution in [0.5, 0.6) is 0 Å². The SMILES string of the molecule is [C-]#[O+].[C-]#[O+].[Mn]=[AsH3].c1cc[cH-]c1. The summed E-state index contributed by atoms with van der Waals surface area (Å²) >= 11 is 4.25. The van der Waals surface area contributed by atoms with Crippen molar-refractivity contribution in [2.24, 2.45) is 0 Å². The third kappa shape index (κ3) is 25.7. The molecule has 0 saturated carbocycles. The molecule has 0 aromatic heterocycles. The summed E-state index contributed by atoms with van der Waals surface area (Å²) in [5.41, 5.74) is 0. The fourth-order valence-corrected chi connectivity index (χ4v) is 0.321. The minimum absolute atomic E-state index is 1.19. The smallest absolute Gasteiger partial charge is 0.172 e. The monoisotopic (exact) mass is 254 g/mol. The molecular weight excluding hydrogens is 246 g/mol. The molecule has 0 saturated heterocycles. The standard InChI is InChI=1S/C5H5.2CO.AsH3.Mn/c1-2-4-5-3-1;2*1-2;;/h1-5H;;;1H3;/q-1;;;;. The third-order valence-electron chi connectivity index (χ3n) is 0.556. The van der Waals surface area contributed by atoms with Crippen molar-refractivity contribution in [2.75, 3.05) is 0 Å². The van der Waals surface area contributed by atoms with Crippen molar-refractivity contribution in [3.8, 4) is 0 Å². The van der Waals surface area contributed by atoms with Gasteiger partial charge in [0.05, 0.1) is 0 Å². The molecule has 4 heteroatoms. The molecule has 0 N–H and O–H groups in total. The van der Waals surface area contributed by atoms with E-state index in [9.17, 15) is 0 Å². The Morgan fingerprint density at radius 2 is 1.27 bits per heavy atom. The van der Waals surface area contributed by atoms with E-state index in [1.807, 2.05) is 30.3 Å². The molecule has 1 rings (SSSR count). The zero-order valence-electron chi connectivity index (χ0n) is 5.79. The Hall–Kier alpha value is -0.0921. The summed E-state index contributed by atoms with van der Waals surface area (Å²) in [5, 5.41) is 0. The molecule has 0 amide bonds. The van der Waals surface area contributed by atoms with E-state index in [0.29, 0.717) is 0 Å². The van der Waals surface area contributed by atoms with Crippen LogP contribution in [-0.2, 0) is 22.8 Å². The van der Waals surface area contributed by atoms with E-state index in [-0.39, 0.29) is 0 Å². The van der Waals surface area contributed by atoms with Crippen molar-refractivity contribution in [1.82, 2.24) is 0 Å². The van der Waals surface area contributed by atoms with E-state index in [0.717, 1.165) is 0 Å². The number of hydrogen-bond acceptors (Lipinski definition) is 0. The molecule has 0 spiro atoms. The Bertz CT molecular complexity index is 134. The topological polar surface area (TPSA) is 39.8 Å². The third-order valence-corrected chi connectivity index (χ3v) is 0.556. The van der Waals surface area contributed by atoms with Crippen molar-refractivity contribution < 1.29 is 22.8 Å². The van der Waals surface area contributed by atoms with Crippen molar-refractivity contribution in [2.45, 2.75) is 0 Å².